The molecule has 1 saturated heterocycles. The molecule has 1 fully saturated rings. The number of hydrogen-bond acceptors (Lipinski definition) is 2. The second kappa shape index (κ2) is 8.24. The fourth-order valence-corrected chi connectivity index (χ4v) is 3.83. The maximum Gasteiger partial charge on any atom is 0.275 e. The first-order valence-electron chi connectivity index (χ1n) is 8.30. The molecular formula is C18H25N3OS+2. The highest BCUT2D eigenvalue weighted by molar-refractivity contribution is 7.09. The van der Waals surface area contributed by atoms with Crippen LogP contribution in [0, 0.1) is 0 Å². The maximum atomic E-state index is 12.1. The zero-order valence-corrected chi connectivity index (χ0v) is 14.2. The quantitative estimate of drug-likeness (QED) is 0.647. The van der Waals surface area contributed by atoms with E-state index in [9.17, 15) is 4.79 Å². The van der Waals surface area contributed by atoms with Crippen molar-refractivity contribution in [1.29, 1.82) is 0 Å². The molecule has 1 amide bonds. The van der Waals surface area contributed by atoms with Crippen molar-refractivity contribution in [2.24, 2.45) is 0 Å². The van der Waals surface area contributed by atoms with Crippen LogP contribution in [-0.2, 0) is 17.9 Å². The molecule has 0 spiro atoms. The number of carbonyl (C=O) groups is 1. The molecule has 1 aliphatic rings. The highest BCUT2D eigenvalue weighted by atomic mass is 32.1. The molecule has 0 unspecified atom stereocenters. The molecule has 23 heavy (non-hydrogen) atoms. The first-order chi connectivity index (χ1) is 11.3. The molecule has 3 rings (SSSR count). The average molecular weight is 331 g/mol. The first kappa shape index (κ1) is 16.2. The van der Waals surface area contributed by atoms with E-state index in [2.05, 4.69) is 22.8 Å². The summed E-state index contributed by atoms with van der Waals surface area (Å²) in [5.41, 5.74) is 1.15. The number of carbonyl (C=O) groups excluding carboxylic acids is 1. The Bertz CT molecular complexity index is 592. The molecule has 0 saturated carbocycles. The Balaban J connectivity index is 1.36. The van der Waals surface area contributed by atoms with Gasteiger partial charge in [-0.3, -0.25) is 4.79 Å². The van der Waals surface area contributed by atoms with Crippen LogP contribution in [0.4, 0.5) is 0 Å². The monoisotopic (exact) mass is 331 g/mol. The second-order valence-electron chi connectivity index (χ2n) is 6.20. The van der Waals surface area contributed by atoms with Gasteiger partial charge in [-0.05, 0) is 17.0 Å². The summed E-state index contributed by atoms with van der Waals surface area (Å²) in [7, 11) is 0. The maximum absolute atomic E-state index is 12.1. The number of hydrogen-bond donors (Lipinski definition) is 3. The van der Waals surface area contributed by atoms with Crippen LogP contribution in [-0.4, -0.2) is 38.6 Å². The summed E-state index contributed by atoms with van der Waals surface area (Å²) in [4.78, 5) is 16.6. The Morgan fingerprint density at radius 3 is 2.43 bits per heavy atom. The Labute approximate surface area is 141 Å². The van der Waals surface area contributed by atoms with Gasteiger partial charge in [0.15, 0.2) is 6.54 Å². The largest absolute Gasteiger partial charge is 0.347 e. The zero-order chi connectivity index (χ0) is 15.9. The van der Waals surface area contributed by atoms with Crippen LogP contribution in [0.15, 0.2) is 47.8 Å². The summed E-state index contributed by atoms with van der Waals surface area (Å²) in [6.45, 7) is 6.82. The van der Waals surface area contributed by atoms with Crippen molar-refractivity contribution in [3.05, 3.63) is 58.3 Å². The van der Waals surface area contributed by atoms with E-state index < -0.39 is 0 Å². The van der Waals surface area contributed by atoms with Crippen molar-refractivity contribution < 1.29 is 14.6 Å². The number of thiophene rings is 1. The lowest BCUT2D eigenvalue weighted by Crippen LogP contribution is -3.28. The molecule has 0 radical (unpaired) electrons. The normalized spacial score (nSPS) is 21.0. The molecule has 122 valence electrons. The Morgan fingerprint density at radius 2 is 1.74 bits per heavy atom. The number of quaternary nitrogens is 2. The lowest BCUT2D eigenvalue weighted by atomic mass is 10.2. The van der Waals surface area contributed by atoms with Gasteiger partial charge >= 0.3 is 0 Å². The van der Waals surface area contributed by atoms with E-state index in [1.54, 1.807) is 4.90 Å². The Kier molecular flexibility index (Phi) is 5.80. The van der Waals surface area contributed by atoms with Crippen LogP contribution in [0.1, 0.15) is 10.4 Å². The SMILES string of the molecule is O=C(C[NH+]1CC[NH+](Cc2cccs2)CC1)NCc1ccccc1. The van der Waals surface area contributed by atoms with Crippen LogP contribution >= 0.6 is 11.3 Å². The average Bonchev–Trinajstić information content (AvgIpc) is 3.09. The van der Waals surface area contributed by atoms with Gasteiger partial charge in [-0.2, -0.15) is 0 Å². The highest BCUT2D eigenvalue weighted by Crippen LogP contribution is 2.05. The van der Waals surface area contributed by atoms with Gasteiger partial charge < -0.3 is 15.1 Å². The van der Waals surface area contributed by atoms with Crippen LogP contribution in [0.5, 0.6) is 0 Å². The lowest BCUT2D eigenvalue weighted by Gasteiger charge is -2.29. The molecule has 0 aliphatic carbocycles. The number of amides is 1. The predicted molar refractivity (Wildman–Crippen MR) is 92.6 cm³/mol. The number of benzene rings is 1. The fraction of sp³-hybridized carbons (Fsp3) is 0.389. The molecule has 1 aromatic carbocycles. The third-order valence-corrected chi connectivity index (χ3v) is 5.29. The van der Waals surface area contributed by atoms with Crippen molar-refractivity contribution in [2.75, 3.05) is 32.7 Å². The summed E-state index contributed by atoms with van der Waals surface area (Å²) in [6.07, 6.45) is 0. The molecule has 1 aromatic heterocycles. The van der Waals surface area contributed by atoms with Crippen LogP contribution in [0.2, 0.25) is 0 Å². The van der Waals surface area contributed by atoms with Crippen molar-refractivity contribution in [3.8, 4) is 0 Å². The minimum absolute atomic E-state index is 0.158. The summed E-state index contributed by atoms with van der Waals surface area (Å²) in [6, 6.07) is 14.4. The van der Waals surface area contributed by atoms with Gasteiger partial charge in [-0.15, -0.1) is 11.3 Å². The summed E-state index contributed by atoms with van der Waals surface area (Å²) in [5, 5.41) is 5.18. The van der Waals surface area contributed by atoms with Crippen LogP contribution in [0.3, 0.4) is 0 Å². The van der Waals surface area contributed by atoms with Gasteiger partial charge in [0.25, 0.3) is 5.91 Å². The topological polar surface area (TPSA) is 38.0 Å². The second-order valence-corrected chi connectivity index (χ2v) is 7.23. The van der Waals surface area contributed by atoms with Gasteiger partial charge in [0.2, 0.25) is 0 Å². The van der Waals surface area contributed by atoms with E-state index in [0.717, 1.165) is 38.3 Å². The zero-order valence-electron chi connectivity index (χ0n) is 13.4. The minimum atomic E-state index is 0.158. The molecule has 3 N–H and O–H groups in total. The van der Waals surface area contributed by atoms with Gasteiger partial charge in [-0.1, -0.05) is 36.4 Å². The summed E-state index contributed by atoms with van der Waals surface area (Å²) in [5.74, 6) is 0.158. The molecular weight excluding hydrogens is 306 g/mol. The molecule has 5 heteroatoms. The minimum Gasteiger partial charge on any atom is -0.347 e. The van der Waals surface area contributed by atoms with E-state index in [1.165, 1.54) is 9.78 Å². The molecule has 2 heterocycles. The standard InChI is InChI=1S/C18H23N3OS/c22-18(19-13-16-5-2-1-3-6-16)15-21-10-8-20(9-11-21)14-17-7-4-12-23-17/h1-7,12H,8-11,13-15H2,(H,19,22)/p+2. The van der Waals surface area contributed by atoms with E-state index in [-0.39, 0.29) is 5.91 Å². The van der Waals surface area contributed by atoms with Crippen molar-refractivity contribution >= 4 is 17.2 Å². The molecule has 4 nitrogen and oxygen atoms in total. The molecule has 0 atom stereocenters. The van der Waals surface area contributed by atoms with Crippen molar-refractivity contribution in [3.63, 3.8) is 0 Å². The lowest BCUT2D eigenvalue weighted by molar-refractivity contribution is -1.01. The van der Waals surface area contributed by atoms with Crippen LogP contribution < -0.4 is 15.1 Å². The first-order valence-corrected chi connectivity index (χ1v) is 9.18. The Morgan fingerprint density at radius 1 is 1.00 bits per heavy atom. The van der Waals surface area contributed by atoms with Crippen molar-refractivity contribution in [1.82, 2.24) is 5.32 Å². The molecule has 0 bridgehead atoms. The third kappa shape index (κ3) is 5.16. The van der Waals surface area contributed by atoms with Gasteiger partial charge in [0, 0.05) is 6.54 Å². The number of piperazine rings is 1. The number of nitrogens with one attached hydrogen (secondary N) is 3. The fourth-order valence-electron chi connectivity index (χ4n) is 3.06. The highest BCUT2D eigenvalue weighted by Gasteiger charge is 2.24. The molecule has 2 aromatic rings. The van der Waals surface area contributed by atoms with E-state index in [0.29, 0.717) is 13.1 Å². The third-order valence-electron chi connectivity index (χ3n) is 4.41. The smallest absolute Gasteiger partial charge is 0.275 e. The van der Waals surface area contributed by atoms with Gasteiger partial charge in [0.05, 0.1) is 4.88 Å². The van der Waals surface area contributed by atoms with E-state index in [1.807, 2.05) is 41.7 Å². The van der Waals surface area contributed by atoms with Crippen molar-refractivity contribution in [2.45, 2.75) is 13.1 Å². The Hall–Kier alpha value is -1.69. The van der Waals surface area contributed by atoms with Gasteiger partial charge in [0.1, 0.15) is 32.7 Å². The number of rotatable bonds is 6. The summed E-state index contributed by atoms with van der Waals surface area (Å²) >= 11 is 1.84. The van der Waals surface area contributed by atoms with Gasteiger partial charge in [-0.25, -0.2) is 0 Å². The van der Waals surface area contributed by atoms with Crippen LogP contribution in [0.25, 0.3) is 0 Å². The predicted octanol–water partition coefficient (Wildman–Crippen LogP) is -0.652. The summed E-state index contributed by atoms with van der Waals surface area (Å²) < 4.78 is 0. The van der Waals surface area contributed by atoms with E-state index in [4.69, 9.17) is 0 Å². The molecule has 1 aliphatic heterocycles. The van der Waals surface area contributed by atoms with E-state index >= 15 is 0 Å².